The predicted molar refractivity (Wildman–Crippen MR) is 59.2 cm³/mol. The van der Waals surface area contributed by atoms with Gasteiger partial charge in [0.15, 0.2) is 0 Å². The van der Waals surface area contributed by atoms with Gasteiger partial charge >= 0.3 is 0 Å². The summed E-state index contributed by atoms with van der Waals surface area (Å²) in [6.07, 6.45) is 5.97. The molecule has 1 aliphatic rings. The SMILES string of the molecule is CCCC(N)C(CO)N1CCCCC1. The Bertz CT molecular complexity index is 146. The zero-order chi connectivity index (χ0) is 10.4. The van der Waals surface area contributed by atoms with E-state index in [2.05, 4.69) is 11.8 Å². The van der Waals surface area contributed by atoms with E-state index < -0.39 is 0 Å². The third-order valence-electron chi connectivity index (χ3n) is 3.16. The molecule has 14 heavy (non-hydrogen) atoms. The summed E-state index contributed by atoms with van der Waals surface area (Å²) in [5.41, 5.74) is 6.07. The molecule has 0 aromatic carbocycles. The van der Waals surface area contributed by atoms with E-state index in [0.717, 1.165) is 25.9 Å². The number of likely N-dealkylation sites (tertiary alicyclic amines) is 1. The van der Waals surface area contributed by atoms with Crippen molar-refractivity contribution in [3.8, 4) is 0 Å². The molecule has 1 rings (SSSR count). The highest BCUT2D eigenvalue weighted by atomic mass is 16.3. The van der Waals surface area contributed by atoms with Gasteiger partial charge in [-0.15, -0.1) is 0 Å². The highest BCUT2D eigenvalue weighted by Gasteiger charge is 2.24. The van der Waals surface area contributed by atoms with Gasteiger partial charge in [0.25, 0.3) is 0 Å². The summed E-state index contributed by atoms with van der Waals surface area (Å²) in [7, 11) is 0. The van der Waals surface area contributed by atoms with Crippen LogP contribution in [0.2, 0.25) is 0 Å². The molecular formula is C11H24N2O. The lowest BCUT2D eigenvalue weighted by Crippen LogP contribution is -2.51. The van der Waals surface area contributed by atoms with Crippen molar-refractivity contribution in [2.75, 3.05) is 19.7 Å². The molecule has 0 aromatic heterocycles. The van der Waals surface area contributed by atoms with Crippen molar-refractivity contribution in [2.24, 2.45) is 5.73 Å². The van der Waals surface area contributed by atoms with Gasteiger partial charge in [-0.2, -0.15) is 0 Å². The van der Waals surface area contributed by atoms with Gasteiger partial charge in [-0.25, -0.2) is 0 Å². The van der Waals surface area contributed by atoms with Crippen LogP contribution in [0, 0.1) is 0 Å². The standard InChI is InChI=1S/C11H24N2O/c1-2-6-10(12)11(9-14)13-7-4-3-5-8-13/h10-11,14H,2-9,12H2,1H3. The fraction of sp³-hybridized carbons (Fsp3) is 1.00. The Morgan fingerprint density at radius 3 is 2.43 bits per heavy atom. The largest absolute Gasteiger partial charge is 0.395 e. The predicted octanol–water partition coefficient (Wildman–Crippen LogP) is 0.961. The molecule has 0 aromatic rings. The lowest BCUT2D eigenvalue weighted by Gasteiger charge is -2.36. The Labute approximate surface area is 87.3 Å². The fourth-order valence-corrected chi connectivity index (χ4v) is 2.30. The molecule has 84 valence electrons. The molecule has 3 nitrogen and oxygen atoms in total. The normalized spacial score (nSPS) is 23.4. The Morgan fingerprint density at radius 2 is 1.93 bits per heavy atom. The number of nitrogens with zero attached hydrogens (tertiary/aromatic N) is 1. The van der Waals surface area contributed by atoms with Crippen molar-refractivity contribution in [3.05, 3.63) is 0 Å². The summed E-state index contributed by atoms with van der Waals surface area (Å²) in [5, 5.41) is 9.35. The zero-order valence-electron chi connectivity index (χ0n) is 9.28. The van der Waals surface area contributed by atoms with Crippen LogP contribution in [0.3, 0.4) is 0 Å². The van der Waals surface area contributed by atoms with Crippen LogP contribution in [0.1, 0.15) is 39.0 Å². The summed E-state index contributed by atoms with van der Waals surface area (Å²) >= 11 is 0. The zero-order valence-corrected chi connectivity index (χ0v) is 9.28. The van der Waals surface area contributed by atoms with Crippen molar-refractivity contribution < 1.29 is 5.11 Å². The van der Waals surface area contributed by atoms with Crippen LogP contribution in [0.25, 0.3) is 0 Å². The smallest absolute Gasteiger partial charge is 0.0601 e. The Kier molecular flexibility index (Phi) is 5.45. The quantitative estimate of drug-likeness (QED) is 0.695. The monoisotopic (exact) mass is 200 g/mol. The molecule has 1 heterocycles. The molecule has 1 aliphatic heterocycles. The first-order valence-electron chi connectivity index (χ1n) is 5.90. The van der Waals surface area contributed by atoms with Crippen LogP contribution in [0.5, 0.6) is 0 Å². The minimum absolute atomic E-state index is 0.142. The molecular weight excluding hydrogens is 176 g/mol. The number of aliphatic hydroxyl groups excluding tert-OH is 1. The van der Waals surface area contributed by atoms with Crippen LogP contribution in [0.15, 0.2) is 0 Å². The first-order chi connectivity index (χ1) is 6.79. The minimum Gasteiger partial charge on any atom is -0.395 e. The maximum absolute atomic E-state index is 9.35. The van der Waals surface area contributed by atoms with Crippen molar-refractivity contribution in [2.45, 2.75) is 51.1 Å². The second kappa shape index (κ2) is 6.38. The fourth-order valence-electron chi connectivity index (χ4n) is 2.30. The van der Waals surface area contributed by atoms with Gasteiger partial charge in [-0.1, -0.05) is 19.8 Å². The number of hydrogen-bond donors (Lipinski definition) is 2. The Morgan fingerprint density at radius 1 is 1.29 bits per heavy atom. The van der Waals surface area contributed by atoms with E-state index in [-0.39, 0.29) is 18.7 Å². The van der Waals surface area contributed by atoms with Crippen molar-refractivity contribution in [1.82, 2.24) is 4.90 Å². The van der Waals surface area contributed by atoms with Gasteiger partial charge < -0.3 is 10.8 Å². The topological polar surface area (TPSA) is 49.5 Å². The lowest BCUT2D eigenvalue weighted by molar-refractivity contribution is 0.0848. The van der Waals surface area contributed by atoms with Crippen LogP contribution in [-0.2, 0) is 0 Å². The molecule has 1 fully saturated rings. The molecule has 3 N–H and O–H groups in total. The molecule has 2 atom stereocenters. The van der Waals surface area contributed by atoms with E-state index in [1.807, 2.05) is 0 Å². The number of aliphatic hydroxyl groups is 1. The minimum atomic E-state index is 0.142. The third-order valence-corrected chi connectivity index (χ3v) is 3.16. The summed E-state index contributed by atoms with van der Waals surface area (Å²) in [6.45, 7) is 4.58. The van der Waals surface area contributed by atoms with E-state index >= 15 is 0 Å². The highest BCUT2D eigenvalue weighted by molar-refractivity contribution is 4.83. The maximum Gasteiger partial charge on any atom is 0.0601 e. The van der Waals surface area contributed by atoms with Gasteiger partial charge in [0.1, 0.15) is 0 Å². The molecule has 1 saturated heterocycles. The van der Waals surface area contributed by atoms with Gasteiger partial charge in [-0.05, 0) is 32.4 Å². The van der Waals surface area contributed by atoms with Gasteiger partial charge in [-0.3, -0.25) is 4.90 Å². The second-order valence-electron chi connectivity index (χ2n) is 4.30. The number of piperidine rings is 1. The average molecular weight is 200 g/mol. The summed E-state index contributed by atoms with van der Waals surface area (Å²) in [5.74, 6) is 0. The second-order valence-corrected chi connectivity index (χ2v) is 4.30. The molecule has 0 spiro atoms. The molecule has 2 unspecified atom stereocenters. The highest BCUT2D eigenvalue weighted by Crippen LogP contribution is 2.15. The molecule has 3 heteroatoms. The summed E-state index contributed by atoms with van der Waals surface area (Å²) in [4.78, 5) is 2.36. The number of hydrogen-bond acceptors (Lipinski definition) is 3. The van der Waals surface area contributed by atoms with Gasteiger partial charge in [0.2, 0.25) is 0 Å². The third kappa shape index (κ3) is 3.23. The van der Waals surface area contributed by atoms with Gasteiger partial charge in [0.05, 0.1) is 6.61 Å². The number of nitrogens with two attached hydrogens (primary N) is 1. The number of rotatable bonds is 5. The van der Waals surface area contributed by atoms with Crippen molar-refractivity contribution in [1.29, 1.82) is 0 Å². The molecule has 0 saturated carbocycles. The maximum atomic E-state index is 9.35. The van der Waals surface area contributed by atoms with E-state index in [9.17, 15) is 5.11 Å². The average Bonchev–Trinajstić information content (AvgIpc) is 2.21. The van der Waals surface area contributed by atoms with Crippen molar-refractivity contribution in [3.63, 3.8) is 0 Å². The van der Waals surface area contributed by atoms with E-state index in [1.165, 1.54) is 19.3 Å². The van der Waals surface area contributed by atoms with Gasteiger partial charge in [0, 0.05) is 12.1 Å². The van der Waals surface area contributed by atoms with E-state index in [4.69, 9.17) is 5.73 Å². The van der Waals surface area contributed by atoms with Crippen molar-refractivity contribution >= 4 is 0 Å². The Hall–Kier alpha value is -0.120. The van der Waals surface area contributed by atoms with E-state index in [0.29, 0.717) is 0 Å². The van der Waals surface area contributed by atoms with Crippen LogP contribution < -0.4 is 5.73 Å². The Balaban J connectivity index is 2.41. The molecule has 0 aliphatic carbocycles. The summed E-state index contributed by atoms with van der Waals surface area (Å²) in [6, 6.07) is 0.332. The molecule has 0 radical (unpaired) electrons. The van der Waals surface area contributed by atoms with Crippen LogP contribution >= 0.6 is 0 Å². The molecule has 0 amide bonds. The van der Waals surface area contributed by atoms with Crippen LogP contribution in [0.4, 0.5) is 0 Å². The molecule has 0 bridgehead atoms. The first kappa shape index (κ1) is 12.0. The van der Waals surface area contributed by atoms with E-state index in [1.54, 1.807) is 0 Å². The van der Waals surface area contributed by atoms with Crippen LogP contribution in [-0.4, -0.2) is 41.8 Å². The first-order valence-corrected chi connectivity index (χ1v) is 5.90. The lowest BCUT2D eigenvalue weighted by atomic mass is 10.0. The summed E-state index contributed by atoms with van der Waals surface area (Å²) < 4.78 is 0.